The normalized spacial score (nSPS) is 24.3. The molecule has 16 heavy (non-hydrogen) atoms. The zero-order valence-corrected chi connectivity index (χ0v) is 11.0. The van der Waals surface area contributed by atoms with E-state index in [1.54, 1.807) is 6.26 Å². The highest BCUT2D eigenvalue weighted by Gasteiger charge is 2.66. The van der Waals surface area contributed by atoms with Crippen molar-refractivity contribution in [2.45, 2.75) is 40.2 Å². The van der Waals surface area contributed by atoms with Gasteiger partial charge in [0.15, 0.2) is 0 Å². The number of furan rings is 1. The Morgan fingerprint density at radius 2 is 1.94 bits per heavy atom. The minimum Gasteiger partial charge on any atom is -0.469 e. The van der Waals surface area contributed by atoms with Crippen LogP contribution >= 0.6 is 0 Å². The van der Waals surface area contributed by atoms with Gasteiger partial charge in [0.1, 0.15) is 5.76 Å². The molecule has 1 aromatic heterocycles. The van der Waals surface area contributed by atoms with Crippen LogP contribution in [-0.2, 0) is 6.42 Å². The highest BCUT2D eigenvalue weighted by Crippen LogP contribution is 2.69. The Morgan fingerprint density at radius 3 is 2.31 bits per heavy atom. The first-order chi connectivity index (χ1) is 7.41. The molecule has 0 spiro atoms. The number of nitrogens with one attached hydrogen (secondary N) is 1. The fourth-order valence-corrected chi connectivity index (χ4v) is 3.29. The Kier molecular flexibility index (Phi) is 2.66. The van der Waals surface area contributed by atoms with Gasteiger partial charge in [-0.15, -0.1) is 0 Å². The van der Waals surface area contributed by atoms with Gasteiger partial charge in [-0.25, -0.2) is 0 Å². The van der Waals surface area contributed by atoms with Gasteiger partial charge < -0.3 is 9.73 Å². The lowest BCUT2D eigenvalue weighted by molar-refractivity contribution is 0.386. The van der Waals surface area contributed by atoms with Gasteiger partial charge in [-0.05, 0) is 35.9 Å². The average molecular weight is 221 g/mol. The topological polar surface area (TPSA) is 25.2 Å². The van der Waals surface area contributed by atoms with Crippen LogP contribution in [0.1, 0.15) is 33.5 Å². The lowest BCUT2D eigenvalue weighted by Gasteiger charge is -2.17. The summed E-state index contributed by atoms with van der Waals surface area (Å²) in [6, 6.07) is 4.54. The first-order valence-electron chi connectivity index (χ1n) is 6.11. The van der Waals surface area contributed by atoms with Gasteiger partial charge in [-0.2, -0.15) is 0 Å². The highest BCUT2D eigenvalue weighted by molar-refractivity contribution is 5.18. The highest BCUT2D eigenvalue weighted by atomic mass is 16.3. The summed E-state index contributed by atoms with van der Waals surface area (Å²) in [4.78, 5) is 0. The van der Waals surface area contributed by atoms with Crippen molar-refractivity contribution in [1.82, 2.24) is 5.32 Å². The van der Waals surface area contributed by atoms with Gasteiger partial charge in [0.2, 0.25) is 0 Å². The molecule has 90 valence electrons. The summed E-state index contributed by atoms with van der Waals surface area (Å²) < 4.78 is 5.44. The van der Waals surface area contributed by atoms with Crippen molar-refractivity contribution < 1.29 is 4.42 Å². The van der Waals surface area contributed by atoms with Crippen LogP contribution in [0.5, 0.6) is 0 Å². The molecule has 1 heterocycles. The van der Waals surface area contributed by atoms with E-state index in [1.165, 1.54) is 0 Å². The van der Waals surface area contributed by atoms with Crippen LogP contribution < -0.4 is 5.32 Å². The monoisotopic (exact) mass is 221 g/mol. The molecule has 0 aromatic carbocycles. The van der Waals surface area contributed by atoms with Crippen molar-refractivity contribution >= 4 is 0 Å². The summed E-state index contributed by atoms with van der Waals surface area (Å²) in [5, 5.41) is 3.45. The van der Waals surface area contributed by atoms with Crippen molar-refractivity contribution in [3.63, 3.8) is 0 Å². The summed E-state index contributed by atoms with van der Waals surface area (Å²) in [7, 11) is 2.05. The largest absolute Gasteiger partial charge is 0.469 e. The minimum atomic E-state index is 0.424. The molecule has 1 aliphatic carbocycles. The van der Waals surface area contributed by atoms with Crippen LogP contribution in [-0.4, -0.2) is 13.1 Å². The van der Waals surface area contributed by atoms with Gasteiger partial charge in [-0.1, -0.05) is 27.7 Å². The van der Waals surface area contributed by atoms with E-state index in [-0.39, 0.29) is 0 Å². The molecule has 2 nitrogen and oxygen atoms in total. The number of rotatable bonds is 4. The van der Waals surface area contributed by atoms with Crippen LogP contribution in [0, 0.1) is 16.7 Å². The van der Waals surface area contributed by atoms with E-state index < -0.39 is 0 Å². The maximum absolute atomic E-state index is 5.44. The SMILES string of the molecule is CNC(Cc1ccco1)C1C(C)(C)C1(C)C. The fourth-order valence-electron chi connectivity index (χ4n) is 3.29. The molecule has 1 fully saturated rings. The second-order valence-electron chi connectivity index (χ2n) is 6.10. The smallest absolute Gasteiger partial charge is 0.105 e. The Hall–Kier alpha value is -0.760. The molecule has 1 saturated carbocycles. The molecule has 0 aliphatic heterocycles. The van der Waals surface area contributed by atoms with Gasteiger partial charge in [0.05, 0.1) is 6.26 Å². The maximum Gasteiger partial charge on any atom is 0.105 e. The Bertz CT molecular complexity index is 337. The minimum absolute atomic E-state index is 0.424. The molecule has 2 heteroatoms. The lowest BCUT2D eigenvalue weighted by Crippen LogP contribution is -2.32. The molecule has 1 N–H and O–H groups in total. The number of hydrogen-bond donors (Lipinski definition) is 1. The molecule has 0 amide bonds. The molecule has 0 radical (unpaired) electrons. The molecule has 2 rings (SSSR count). The fraction of sp³-hybridized carbons (Fsp3) is 0.714. The second kappa shape index (κ2) is 3.63. The average Bonchev–Trinajstić information content (AvgIpc) is 2.63. The third-order valence-electron chi connectivity index (χ3n) is 4.91. The van der Waals surface area contributed by atoms with Crippen molar-refractivity contribution in [1.29, 1.82) is 0 Å². The lowest BCUT2D eigenvalue weighted by atomic mass is 10.0. The summed E-state index contributed by atoms with van der Waals surface area (Å²) >= 11 is 0. The van der Waals surface area contributed by atoms with E-state index in [1.807, 2.05) is 6.07 Å². The summed E-state index contributed by atoms with van der Waals surface area (Å²) in [5.74, 6) is 1.80. The standard InChI is InChI=1S/C14H23NO/c1-13(2)12(14(13,3)4)11(15-5)9-10-7-6-8-16-10/h6-8,11-12,15H,9H2,1-5H3. The zero-order chi connectivity index (χ0) is 12.0. The third-order valence-corrected chi connectivity index (χ3v) is 4.91. The van der Waals surface area contributed by atoms with Crippen LogP contribution in [0.2, 0.25) is 0 Å². The maximum atomic E-state index is 5.44. The predicted molar refractivity (Wildman–Crippen MR) is 66.3 cm³/mol. The van der Waals surface area contributed by atoms with E-state index in [0.717, 1.165) is 18.1 Å². The van der Waals surface area contributed by atoms with Crippen molar-refractivity contribution in [2.24, 2.45) is 16.7 Å². The van der Waals surface area contributed by atoms with E-state index in [9.17, 15) is 0 Å². The van der Waals surface area contributed by atoms with Crippen LogP contribution in [0.4, 0.5) is 0 Å². The van der Waals surface area contributed by atoms with E-state index in [2.05, 4.69) is 46.1 Å². The van der Waals surface area contributed by atoms with Gasteiger partial charge in [-0.3, -0.25) is 0 Å². The molecular weight excluding hydrogens is 198 g/mol. The van der Waals surface area contributed by atoms with Gasteiger partial charge >= 0.3 is 0 Å². The van der Waals surface area contributed by atoms with Crippen LogP contribution in [0.25, 0.3) is 0 Å². The molecule has 1 atom stereocenters. The molecule has 1 aliphatic rings. The summed E-state index contributed by atoms with van der Waals surface area (Å²) in [6.07, 6.45) is 2.74. The van der Waals surface area contributed by atoms with Crippen molar-refractivity contribution in [3.05, 3.63) is 24.2 Å². The van der Waals surface area contributed by atoms with E-state index >= 15 is 0 Å². The molecule has 0 bridgehead atoms. The number of likely N-dealkylation sites (N-methyl/N-ethyl adjacent to an activating group) is 1. The number of hydrogen-bond acceptors (Lipinski definition) is 2. The quantitative estimate of drug-likeness (QED) is 0.845. The van der Waals surface area contributed by atoms with E-state index in [4.69, 9.17) is 4.42 Å². The Balaban J connectivity index is 2.08. The first kappa shape index (κ1) is 11.7. The Morgan fingerprint density at radius 1 is 1.31 bits per heavy atom. The molecular formula is C14H23NO. The van der Waals surface area contributed by atoms with Crippen molar-refractivity contribution in [2.75, 3.05) is 7.05 Å². The van der Waals surface area contributed by atoms with E-state index in [0.29, 0.717) is 16.9 Å². The third kappa shape index (κ3) is 1.60. The van der Waals surface area contributed by atoms with Crippen LogP contribution in [0.3, 0.4) is 0 Å². The van der Waals surface area contributed by atoms with Crippen molar-refractivity contribution in [3.8, 4) is 0 Å². The molecule has 1 unspecified atom stereocenters. The summed E-state index contributed by atoms with van der Waals surface area (Å²) in [5.41, 5.74) is 0.848. The van der Waals surface area contributed by atoms with Gasteiger partial charge in [0.25, 0.3) is 0 Å². The zero-order valence-electron chi connectivity index (χ0n) is 11.0. The molecule has 1 aromatic rings. The molecule has 0 saturated heterocycles. The first-order valence-corrected chi connectivity index (χ1v) is 6.11. The Labute approximate surface area is 98.4 Å². The van der Waals surface area contributed by atoms with Crippen LogP contribution in [0.15, 0.2) is 22.8 Å². The second-order valence-corrected chi connectivity index (χ2v) is 6.10. The summed E-state index contributed by atoms with van der Waals surface area (Å²) in [6.45, 7) is 9.46. The van der Waals surface area contributed by atoms with Gasteiger partial charge in [0, 0.05) is 12.5 Å². The predicted octanol–water partition coefficient (Wildman–Crippen LogP) is 3.09.